The van der Waals surface area contributed by atoms with Crippen molar-refractivity contribution < 1.29 is 32.9 Å². The van der Waals surface area contributed by atoms with Crippen molar-refractivity contribution in [2.75, 3.05) is 40.9 Å². The molecule has 0 saturated carbocycles. The van der Waals surface area contributed by atoms with E-state index in [2.05, 4.69) is 19.2 Å². The summed E-state index contributed by atoms with van der Waals surface area (Å²) in [6.45, 7) is 4.85. The van der Waals surface area contributed by atoms with Gasteiger partial charge in [-0.1, -0.05) is 174 Å². The molecule has 48 heavy (non-hydrogen) atoms. The zero-order chi connectivity index (χ0) is 35.8. The molecule has 9 heteroatoms. The molecule has 0 aromatic carbocycles. The van der Waals surface area contributed by atoms with Crippen molar-refractivity contribution in [1.29, 1.82) is 0 Å². The molecule has 0 fully saturated rings. The van der Waals surface area contributed by atoms with Gasteiger partial charge in [-0.3, -0.25) is 13.8 Å². The fourth-order valence-electron chi connectivity index (χ4n) is 6.05. The van der Waals surface area contributed by atoms with E-state index >= 15 is 0 Å². The summed E-state index contributed by atoms with van der Waals surface area (Å²) in [5.74, 6) is -0.145. The molecule has 3 N–H and O–H groups in total. The van der Waals surface area contributed by atoms with Gasteiger partial charge < -0.3 is 19.8 Å². The Bertz CT molecular complexity index is 763. The number of aliphatic hydroxyl groups excluding tert-OH is 1. The Morgan fingerprint density at radius 1 is 0.625 bits per heavy atom. The van der Waals surface area contributed by atoms with Gasteiger partial charge in [0.2, 0.25) is 5.91 Å². The van der Waals surface area contributed by atoms with Crippen LogP contribution in [0.25, 0.3) is 0 Å². The van der Waals surface area contributed by atoms with Gasteiger partial charge in [0.1, 0.15) is 13.2 Å². The molecule has 0 heterocycles. The van der Waals surface area contributed by atoms with E-state index < -0.39 is 20.0 Å². The van der Waals surface area contributed by atoms with E-state index in [9.17, 15) is 19.4 Å². The summed E-state index contributed by atoms with van der Waals surface area (Å²) in [6.07, 6.45) is 32.9. The van der Waals surface area contributed by atoms with E-state index in [1.54, 1.807) is 0 Å². The van der Waals surface area contributed by atoms with E-state index in [0.29, 0.717) is 23.9 Å². The summed E-state index contributed by atoms with van der Waals surface area (Å²) < 4.78 is 23.5. The molecule has 0 radical (unpaired) electrons. The van der Waals surface area contributed by atoms with Crippen LogP contribution >= 0.6 is 7.82 Å². The number of carbonyl (C=O) groups excluding carboxylic acids is 1. The first kappa shape index (κ1) is 47.5. The third-order valence-electron chi connectivity index (χ3n) is 9.36. The molecular formula is C39H82N2O6P+. The Kier molecular flexibility index (Phi) is 32.1. The van der Waals surface area contributed by atoms with Gasteiger partial charge in [0.15, 0.2) is 0 Å². The maximum atomic E-state index is 12.8. The highest BCUT2D eigenvalue weighted by molar-refractivity contribution is 7.47. The minimum Gasteiger partial charge on any atom is -0.391 e. The minimum absolute atomic E-state index is 0.0777. The number of rotatable bonds is 37. The Morgan fingerprint density at radius 3 is 1.40 bits per heavy atom. The second-order valence-corrected chi connectivity index (χ2v) is 16.8. The van der Waals surface area contributed by atoms with Crippen molar-refractivity contribution in [1.82, 2.24) is 5.32 Å². The SMILES string of the molecule is CCCCCCCCCCCCCCCCCCCCCC(=O)NC(COP(=O)(O)OCC[N+](C)(C)C)C(O)CCCCCCCCC. The average Bonchev–Trinajstić information content (AvgIpc) is 3.02. The molecule has 0 aromatic rings. The van der Waals surface area contributed by atoms with Crippen LogP contribution in [0.5, 0.6) is 0 Å². The first-order chi connectivity index (χ1) is 23.0. The van der Waals surface area contributed by atoms with Gasteiger partial charge in [-0.05, 0) is 12.8 Å². The molecule has 0 rings (SSSR count). The molecule has 0 spiro atoms. The average molecular weight is 706 g/mol. The smallest absolute Gasteiger partial charge is 0.391 e. The molecule has 0 saturated heterocycles. The lowest BCUT2D eigenvalue weighted by atomic mass is 10.0. The van der Waals surface area contributed by atoms with E-state index in [4.69, 9.17) is 9.05 Å². The second kappa shape index (κ2) is 32.4. The number of aliphatic hydroxyl groups is 1. The zero-order valence-corrected chi connectivity index (χ0v) is 33.4. The van der Waals surface area contributed by atoms with Crippen molar-refractivity contribution in [2.24, 2.45) is 0 Å². The lowest BCUT2D eigenvalue weighted by Gasteiger charge is -2.26. The van der Waals surface area contributed by atoms with Gasteiger partial charge in [0.25, 0.3) is 0 Å². The molecule has 3 atom stereocenters. The highest BCUT2D eigenvalue weighted by Crippen LogP contribution is 2.43. The van der Waals surface area contributed by atoms with Crippen LogP contribution in [0.1, 0.15) is 194 Å². The monoisotopic (exact) mass is 706 g/mol. The first-order valence-electron chi connectivity index (χ1n) is 20.4. The topological polar surface area (TPSA) is 105 Å². The van der Waals surface area contributed by atoms with Crippen molar-refractivity contribution in [2.45, 2.75) is 206 Å². The summed E-state index contributed by atoms with van der Waals surface area (Å²) in [6, 6.07) is -0.750. The summed E-state index contributed by atoms with van der Waals surface area (Å²) in [7, 11) is 1.62. The van der Waals surface area contributed by atoms with E-state index in [0.717, 1.165) is 38.5 Å². The molecule has 0 aromatic heterocycles. The van der Waals surface area contributed by atoms with Crippen LogP contribution in [-0.4, -0.2) is 73.4 Å². The molecule has 8 nitrogen and oxygen atoms in total. The number of hydrogen-bond acceptors (Lipinski definition) is 5. The van der Waals surface area contributed by atoms with Gasteiger partial charge in [-0.2, -0.15) is 0 Å². The van der Waals surface area contributed by atoms with Crippen LogP contribution in [-0.2, 0) is 18.4 Å². The lowest BCUT2D eigenvalue weighted by molar-refractivity contribution is -0.870. The Hall–Kier alpha value is -0.500. The quantitative estimate of drug-likeness (QED) is 0.0338. The molecule has 0 aliphatic carbocycles. The predicted octanol–water partition coefficient (Wildman–Crippen LogP) is 10.6. The number of quaternary nitrogens is 1. The number of hydrogen-bond donors (Lipinski definition) is 3. The molecule has 288 valence electrons. The van der Waals surface area contributed by atoms with Crippen molar-refractivity contribution >= 4 is 13.7 Å². The Balaban J connectivity index is 4.18. The zero-order valence-electron chi connectivity index (χ0n) is 32.5. The third-order valence-corrected chi connectivity index (χ3v) is 10.3. The first-order valence-corrected chi connectivity index (χ1v) is 21.9. The highest BCUT2D eigenvalue weighted by Gasteiger charge is 2.28. The molecular weight excluding hydrogens is 623 g/mol. The summed E-state index contributed by atoms with van der Waals surface area (Å²) in [5, 5.41) is 13.8. The maximum Gasteiger partial charge on any atom is 0.472 e. The Labute approximate surface area is 298 Å². The van der Waals surface area contributed by atoms with E-state index in [-0.39, 0.29) is 19.1 Å². The Morgan fingerprint density at radius 2 is 1.00 bits per heavy atom. The minimum atomic E-state index is -4.29. The predicted molar refractivity (Wildman–Crippen MR) is 203 cm³/mol. The van der Waals surface area contributed by atoms with Crippen molar-refractivity contribution in [3.05, 3.63) is 0 Å². The van der Waals surface area contributed by atoms with Gasteiger partial charge in [0, 0.05) is 6.42 Å². The summed E-state index contributed by atoms with van der Waals surface area (Å²) in [5.41, 5.74) is 0. The van der Waals surface area contributed by atoms with Crippen LogP contribution in [0.3, 0.4) is 0 Å². The molecule has 1 amide bonds. The second-order valence-electron chi connectivity index (χ2n) is 15.4. The number of nitrogens with one attached hydrogen (secondary N) is 1. The molecule has 0 bridgehead atoms. The normalized spacial score (nSPS) is 14.6. The number of carbonyl (C=O) groups is 1. The fraction of sp³-hybridized carbons (Fsp3) is 0.974. The summed E-state index contributed by atoms with van der Waals surface area (Å²) in [4.78, 5) is 23.0. The van der Waals surface area contributed by atoms with Gasteiger partial charge in [0.05, 0.1) is 39.9 Å². The molecule has 3 unspecified atom stereocenters. The fourth-order valence-corrected chi connectivity index (χ4v) is 6.78. The van der Waals surface area contributed by atoms with E-state index in [1.165, 1.54) is 128 Å². The van der Waals surface area contributed by atoms with E-state index in [1.807, 2.05) is 21.1 Å². The van der Waals surface area contributed by atoms with Crippen LogP contribution in [0.4, 0.5) is 0 Å². The summed E-state index contributed by atoms with van der Waals surface area (Å²) >= 11 is 0. The number of phosphoric acid groups is 1. The standard InChI is InChI=1S/C39H81N2O6P/c1-6-8-10-12-14-15-16-17-18-19-20-21-22-23-24-25-27-29-31-33-39(43)40-37(38(42)32-30-28-26-13-11-9-7-2)36-47-48(44,45)46-35-34-41(3,4)5/h37-38,42H,6-36H2,1-5H3,(H-,40,43,44,45)/p+1. The van der Waals surface area contributed by atoms with Gasteiger partial charge in [-0.15, -0.1) is 0 Å². The number of likely N-dealkylation sites (N-methyl/N-ethyl adjacent to an activating group) is 1. The molecule has 0 aliphatic rings. The van der Waals surface area contributed by atoms with Gasteiger partial charge in [-0.25, -0.2) is 4.57 Å². The number of phosphoric ester groups is 1. The van der Waals surface area contributed by atoms with Crippen molar-refractivity contribution in [3.63, 3.8) is 0 Å². The number of unbranched alkanes of at least 4 members (excludes halogenated alkanes) is 24. The number of nitrogens with zero attached hydrogens (tertiary/aromatic N) is 1. The lowest BCUT2D eigenvalue weighted by Crippen LogP contribution is -2.46. The number of amides is 1. The molecule has 0 aliphatic heterocycles. The van der Waals surface area contributed by atoms with Crippen LogP contribution < -0.4 is 5.32 Å². The van der Waals surface area contributed by atoms with Crippen LogP contribution in [0.15, 0.2) is 0 Å². The van der Waals surface area contributed by atoms with Crippen LogP contribution in [0, 0.1) is 0 Å². The maximum absolute atomic E-state index is 12.8. The third kappa shape index (κ3) is 34.0. The van der Waals surface area contributed by atoms with Gasteiger partial charge >= 0.3 is 7.82 Å². The largest absolute Gasteiger partial charge is 0.472 e. The highest BCUT2D eigenvalue weighted by atomic mass is 31.2. The van der Waals surface area contributed by atoms with Crippen molar-refractivity contribution in [3.8, 4) is 0 Å². The van der Waals surface area contributed by atoms with Crippen LogP contribution in [0.2, 0.25) is 0 Å².